The van der Waals surface area contributed by atoms with Gasteiger partial charge in [-0.1, -0.05) is 6.07 Å². The maximum atomic E-state index is 5.39. The Hall–Kier alpha value is -2.01. The molecule has 5 nitrogen and oxygen atoms in total. The lowest BCUT2D eigenvalue weighted by molar-refractivity contribution is 0.128. The van der Waals surface area contributed by atoms with Crippen LogP contribution in [0, 0.1) is 0 Å². The van der Waals surface area contributed by atoms with Crippen molar-refractivity contribution in [3.8, 4) is 0 Å². The van der Waals surface area contributed by atoms with Crippen molar-refractivity contribution in [1.82, 2.24) is 15.0 Å². The van der Waals surface area contributed by atoms with E-state index in [1.165, 1.54) is 0 Å². The highest BCUT2D eigenvalue weighted by Crippen LogP contribution is 2.12. The highest BCUT2D eigenvalue weighted by atomic mass is 16.5. The van der Waals surface area contributed by atoms with E-state index in [9.17, 15) is 0 Å². The third-order valence-electron chi connectivity index (χ3n) is 2.73. The second-order valence-electron chi connectivity index (χ2n) is 4.37. The van der Waals surface area contributed by atoms with Crippen LogP contribution in [0.15, 0.2) is 30.6 Å². The zero-order valence-corrected chi connectivity index (χ0v) is 12.0. The van der Waals surface area contributed by atoms with Crippen LogP contribution in [0.4, 0.5) is 5.82 Å². The van der Waals surface area contributed by atoms with E-state index in [-0.39, 0.29) is 0 Å². The Morgan fingerprint density at radius 1 is 1.25 bits per heavy atom. The number of hydrogen-bond acceptors (Lipinski definition) is 5. The van der Waals surface area contributed by atoms with Gasteiger partial charge in [0.25, 0.3) is 0 Å². The van der Waals surface area contributed by atoms with Crippen LogP contribution in [-0.2, 0) is 17.8 Å². The molecule has 5 heteroatoms. The monoisotopic (exact) mass is 272 g/mol. The maximum Gasteiger partial charge on any atom is 0.156 e. The molecular formula is C15H20N4O. The Bertz CT molecular complexity index is 531. The first-order chi connectivity index (χ1) is 9.81. The molecule has 0 aliphatic heterocycles. The van der Waals surface area contributed by atoms with Crippen molar-refractivity contribution >= 4 is 5.82 Å². The van der Waals surface area contributed by atoms with Crippen LogP contribution < -0.4 is 5.32 Å². The summed E-state index contributed by atoms with van der Waals surface area (Å²) in [5.74, 6) is 1.56. The van der Waals surface area contributed by atoms with Crippen LogP contribution in [0.5, 0.6) is 0 Å². The predicted octanol–water partition coefficient (Wildman–Crippen LogP) is 2.43. The highest BCUT2D eigenvalue weighted by molar-refractivity contribution is 5.37. The van der Waals surface area contributed by atoms with Gasteiger partial charge in [-0.2, -0.15) is 0 Å². The summed E-state index contributed by atoms with van der Waals surface area (Å²) >= 11 is 0. The number of nitrogens with one attached hydrogen (secondary N) is 1. The second-order valence-corrected chi connectivity index (χ2v) is 4.37. The molecule has 0 saturated carbocycles. The lowest BCUT2D eigenvalue weighted by Crippen LogP contribution is -2.08. The minimum absolute atomic E-state index is 0.440. The number of anilines is 1. The lowest BCUT2D eigenvalue weighted by Gasteiger charge is -2.09. The van der Waals surface area contributed by atoms with Gasteiger partial charge in [-0.3, -0.25) is 4.98 Å². The van der Waals surface area contributed by atoms with Crippen molar-refractivity contribution in [2.24, 2.45) is 0 Å². The molecule has 0 spiro atoms. The molecule has 0 fully saturated rings. The van der Waals surface area contributed by atoms with Crippen molar-refractivity contribution in [2.75, 3.05) is 18.5 Å². The van der Waals surface area contributed by atoms with Crippen molar-refractivity contribution in [2.45, 2.75) is 26.9 Å². The molecule has 1 N–H and O–H groups in total. The van der Waals surface area contributed by atoms with Crippen LogP contribution in [0.25, 0.3) is 0 Å². The largest absolute Gasteiger partial charge is 0.374 e. The van der Waals surface area contributed by atoms with Gasteiger partial charge in [0.2, 0.25) is 0 Å². The van der Waals surface area contributed by atoms with Crippen molar-refractivity contribution in [1.29, 1.82) is 0 Å². The summed E-state index contributed by atoms with van der Waals surface area (Å²) in [6, 6.07) is 5.96. The van der Waals surface area contributed by atoms with Gasteiger partial charge in [0.1, 0.15) is 12.4 Å². The van der Waals surface area contributed by atoms with Gasteiger partial charge >= 0.3 is 0 Å². The van der Waals surface area contributed by atoms with Gasteiger partial charge in [0.05, 0.1) is 5.69 Å². The van der Waals surface area contributed by atoms with Crippen molar-refractivity contribution < 1.29 is 4.74 Å². The molecule has 0 atom stereocenters. The smallest absolute Gasteiger partial charge is 0.156 e. The SMILES string of the molecule is CCNc1cc(Cc2cccnc2)nc(COCC)n1. The molecule has 2 aromatic rings. The molecular weight excluding hydrogens is 252 g/mol. The van der Waals surface area contributed by atoms with E-state index in [1.54, 1.807) is 6.20 Å². The Morgan fingerprint density at radius 2 is 2.15 bits per heavy atom. The average molecular weight is 272 g/mol. The Morgan fingerprint density at radius 3 is 2.85 bits per heavy atom. The standard InChI is InChI=1S/C15H20N4O/c1-3-17-14-9-13(8-12-6-5-7-16-10-12)18-15(19-14)11-20-4-2/h5-7,9-10H,3-4,8,11H2,1-2H3,(H,17,18,19). The van der Waals surface area contributed by atoms with E-state index in [0.717, 1.165) is 30.0 Å². The molecule has 2 rings (SSSR count). The molecule has 2 heterocycles. The van der Waals surface area contributed by atoms with Crippen LogP contribution >= 0.6 is 0 Å². The van der Waals surface area contributed by atoms with E-state index < -0.39 is 0 Å². The third kappa shape index (κ3) is 4.28. The molecule has 0 aliphatic rings. The Labute approximate surface area is 119 Å². The van der Waals surface area contributed by atoms with Crippen LogP contribution in [0.2, 0.25) is 0 Å². The zero-order valence-electron chi connectivity index (χ0n) is 12.0. The molecule has 0 bridgehead atoms. The molecule has 0 unspecified atom stereocenters. The van der Waals surface area contributed by atoms with E-state index in [2.05, 4.69) is 20.3 Å². The zero-order chi connectivity index (χ0) is 14.2. The van der Waals surface area contributed by atoms with E-state index in [4.69, 9.17) is 4.74 Å². The Balaban J connectivity index is 2.19. The first-order valence-corrected chi connectivity index (χ1v) is 6.89. The summed E-state index contributed by atoms with van der Waals surface area (Å²) in [5, 5.41) is 3.23. The summed E-state index contributed by atoms with van der Waals surface area (Å²) in [7, 11) is 0. The molecule has 0 amide bonds. The number of rotatable bonds is 7. The number of aromatic nitrogens is 3. The van der Waals surface area contributed by atoms with Gasteiger partial charge in [-0.05, 0) is 25.5 Å². The van der Waals surface area contributed by atoms with E-state index in [0.29, 0.717) is 19.0 Å². The topological polar surface area (TPSA) is 59.9 Å². The van der Waals surface area contributed by atoms with Crippen molar-refractivity contribution in [3.05, 3.63) is 47.7 Å². The van der Waals surface area contributed by atoms with Crippen LogP contribution in [-0.4, -0.2) is 28.1 Å². The number of nitrogens with zero attached hydrogens (tertiary/aromatic N) is 3. The molecule has 2 aromatic heterocycles. The Kier molecular flexibility index (Phi) is 5.43. The van der Waals surface area contributed by atoms with Gasteiger partial charge in [0, 0.05) is 38.0 Å². The van der Waals surface area contributed by atoms with Gasteiger partial charge < -0.3 is 10.1 Å². The number of hydrogen-bond donors (Lipinski definition) is 1. The van der Waals surface area contributed by atoms with Crippen LogP contribution in [0.1, 0.15) is 30.9 Å². The predicted molar refractivity (Wildman–Crippen MR) is 78.6 cm³/mol. The van der Waals surface area contributed by atoms with Crippen LogP contribution in [0.3, 0.4) is 0 Å². The van der Waals surface area contributed by atoms with Gasteiger partial charge in [-0.25, -0.2) is 9.97 Å². The highest BCUT2D eigenvalue weighted by Gasteiger charge is 2.05. The summed E-state index contributed by atoms with van der Waals surface area (Å²) in [6.45, 7) is 5.94. The fourth-order valence-corrected chi connectivity index (χ4v) is 1.88. The fourth-order valence-electron chi connectivity index (χ4n) is 1.88. The molecule has 20 heavy (non-hydrogen) atoms. The van der Waals surface area contributed by atoms with E-state index in [1.807, 2.05) is 38.2 Å². The lowest BCUT2D eigenvalue weighted by atomic mass is 10.1. The summed E-state index contributed by atoms with van der Waals surface area (Å²) in [5.41, 5.74) is 2.11. The third-order valence-corrected chi connectivity index (χ3v) is 2.73. The quantitative estimate of drug-likeness (QED) is 0.839. The normalized spacial score (nSPS) is 10.5. The van der Waals surface area contributed by atoms with Gasteiger partial charge in [0.15, 0.2) is 5.82 Å². The van der Waals surface area contributed by atoms with Gasteiger partial charge in [-0.15, -0.1) is 0 Å². The molecule has 0 saturated heterocycles. The molecule has 0 radical (unpaired) electrons. The number of ether oxygens (including phenoxy) is 1. The minimum Gasteiger partial charge on any atom is -0.374 e. The maximum absolute atomic E-state index is 5.39. The first kappa shape index (κ1) is 14.4. The molecule has 0 aliphatic carbocycles. The number of pyridine rings is 1. The molecule has 0 aromatic carbocycles. The average Bonchev–Trinajstić information content (AvgIpc) is 2.46. The minimum atomic E-state index is 0.440. The molecule has 106 valence electrons. The summed E-state index contributed by atoms with van der Waals surface area (Å²) < 4.78 is 5.39. The van der Waals surface area contributed by atoms with Crippen molar-refractivity contribution in [3.63, 3.8) is 0 Å². The first-order valence-electron chi connectivity index (χ1n) is 6.89. The fraction of sp³-hybridized carbons (Fsp3) is 0.400. The summed E-state index contributed by atoms with van der Waals surface area (Å²) in [4.78, 5) is 13.1. The summed E-state index contributed by atoms with van der Waals surface area (Å²) in [6.07, 6.45) is 4.37. The van der Waals surface area contributed by atoms with E-state index >= 15 is 0 Å². The second kappa shape index (κ2) is 7.55.